The first-order chi connectivity index (χ1) is 18.4. The minimum absolute atomic E-state index is 0.00960. The highest BCUT2D eigenvalue weighted by atomic mass is 35.5. The van der Waals surface area contributed by atoms with Gasteiger partial charge in [0.05, 0.1) is 11.4 Å². The fourth-order valence-corrected chi connectivity index (χ4v) is 5.66. The number of anilines is 2. The summed E-state index contributed by atoms with van der Waals surface area (Å²) in [5, 5.41) is 3.75. The monoisotopic (exact) mass is 563 g/mol. The second-order valence-electron chi connectivity index (χ2n) is 9.51. The Morgan fingerprint density at radius 2 is 1.84 bits per heavy atom. The molecule has 3 amide bonds. The second-order valence-corrected chi connectivity index (χ2v) is 10.8. The van der Waals surface area contributed by atoms with Crippen LogP contribution in [0.5, 0.6) is 0 Å². The van der Waals surface area contributed by atoms with Crippen LogP contribution in [-0.4, -0.2) is 95.9 Å². The van der Waals surface area contributed by atoms with Crippen LogP contribution in [0.15, 0.2) is 35.5 Å². The van der Waals surface area contributed by atoms with Crippen LogP contribution in [0.2, 0.25) is 5.15 Å². The molecule has 0 radical (unpaired) electrons. The molecule has 0 saturated carbocycles. The van der Waals surface area contributed by atoms with Gasteiger partial charge in [-0.2, -0.15) is 0 Å². The molecule has 2 saturated heterocycles. The van der Waals surface area contributed by atoms with Crippen LogP contribution in [0.1, 0.15) is 26.7 Å². The van der Waals surface area contributed by atoms with Gasteiger partial charge in [0.2, 0.25) is 5.91 Å². The lowest BCUT2D eigenvalue weighted by Gasteiger charge is -2.40. The van der Waals surface area contributed by atoms with Gasteiger partial charge in [-0.1, -0.05) is 48.8 Å². The molecule has 1 unspecified atom stereocenters. The molecule has 2 aliphatic heterocycles. The third-order valence-electron chi connectivity index (χ3n) is 6.83. The molecule has 3 heterocycles. The molecule has 1 N–H and O–H groups in total. The van der Waals surface area contributed by atoms with Crippen molar-refractivity contribution in [3.8, 4) is 0 Å². The number of benzene rings is 1. The molecule has 9 nitrogen and oxygen atoms in total. The summed E-state index contributed by atoms with van der Waals surface area (Å²) in [6.45, 7) is 8.87. The Kier molecular flexibility index (Phi) is 9.90. The Morgan fingerprint density at radius 3 is 2.55 bits per heavy atom. The van der Waals surface area contributed by atoms with Crippen LogP contribution in [0, 0.1) is 5.82 Å². The zero-order chi connectivity index (χ0) is 27.1. The van der Waals surface area contributed by atoms with Crippen molar-refractivity contribution in [1.29, 1.82) is 0 Å². The van der Waals surface area contributed by atoms with E-state index >= 15 is 0 Å². The van der Waals surface area contributed by atoms with E-state index in [1.165, 1.54) is 17.8 Å². The van der Waals surface area contributed by atoms with Gasteiger partial charge in [0.25, 0.3) is 0 Å². The van der Waals surface area contributed by atoms with E-state index in [4.69, 9.17) is 11.6 Å². The van der Waals surface area contributed by atoms with Crippen LogP contribution in [0.4, 0.5) is 20.7 Å². The number of rotatable bonds is 8. The SMILES string of the molecule is CCCCNC(=O)N1CCN(c2cc(Cl)nc(SCC(=O)N3CCN(c4ccccc4F)CC3)n2)CC1C. The van der Waals surface area contributed by atoms with Crippen LogP contribution >= 0.6 is 23.4 Å². The standard InChI is InChI=1S/C26H35ClFN7O2S/c1-3-4-9-29-26(37)35-15-14-34(17-19(35)2)23-16-22(27)30-25(31-23)38-18-24(36)33-12-10-32(11-13-33)21-8-6-5-7-20(21)28/h5-8,16,19H,3-4,9-15,17-18H2,1-2H3,(H,29,37). The van der Waals surface area contributed by atoms with Crippen LogP contribution in [-0.2, 0) is 4.79 Å². The average molecular weight is 564 g/mol. The summed E-state index contributed by atoms with van der Waals surface area (Å²) in [6, 6.07) is 8.41. The molecule has 2 aliphatic rings. The maximum atomic E-state index is 14.1. The average Bonchev–Trinajstić information content (AvgIpc) is 2.92. The van der Waals surface area contributed by atoms with Crippen molar-refractivity contribution in [2.45, 2.75) is 37.9 Å². The van der Waals surface area contributed by atoms with E-state index in [0.29, 0.717) is 74.2 Å². The summed E-state index contributed by atoms with van der Waals surface area (Å²) in [5.41, 5.74) is 0.570. The molecule has 1 atom stereocenters. The van der Waals surface area contributed by atoms with E-state index in [1.807, 2.05) is 22.8 Å². The third kappa shape index (κ3) is 7.19. The first kappa shape index (κ1) is 28.2. The van der Waals surface area contributed by atoms with Crippen molar-refractivity contribution >= 4 is 46.8 Å². The number of piperazine rings is 2. The summed E-state index contributed by atoms with van der Waals surface area (Å²) in [5.74, 6) is 0.630. The van der Waals surface area contributed by atoms with E-state index in [-0.39, 0.29) is 29.6 Å². The van der Waals surface area contributed by atoms with Gasteiger partial charge in [0.15, 0.2) is 5.16 Å². The zero-order valence-corrected chi connectivity index (χ0v) is 23.5. The quantitative estimate of drug-likeness (QED) is 0.227. The van der Waals surface area contributed by atoms with Crippen LogP contribution in [0.25, 0.3) is 0 Å². The first-order valence-electron chi connectivity index (χ1n) is 13.1. The van der Waals surface area contributed by atoms with Gasteiger partial charge in [-0.15, -0.1) is 0 Å². The maximum Gasteiger partial charge on any atom is 0.317 e. The van der Waals surface area contributed by atoms with Crippen molar-refractivity contribution < 1.29 is 14.0 Å². The predicted octanol–water partition coefficient (Wildman–Crippen LogP) is 3.73. The predicted molar refractivity (Wildman–Crippen MR) is 150 cm³/mol. The minimum Gasteiger partial charge on any atom is -0.366 e. The molecule has 38 heavy (non-hydrogen) atoms. The van der Waals surface area contributed by atoms with E-state index in [1.54, 1.807) is 23.1 Å². The van der Waals surface area contributed by atoms with Gasteiger partial charge in [0, 0.05) is 64.5 Å². The third-order valence-corrected chi connectivity index (χ3v) is 7.86. The number of carbonyl (C=O) groups excluding carboxylic acids is 2. The van der Waals surface area contributed by atoms with Crippen molar-refractivity contribution in [2.75, 3.05) is 67.9 Å². The molecule has 2 aromatic rings. The van der Waals surface area contributed by atoms with Gasteiger partial charge >= 0.3 is 6.03 Å². The van der Waals surface area contributed by atoms with Crippen molar-refractivity contribution in [2.24, 2.45) is 0 Å². The molecule has 1 aromatic carbocycles. The number of hydrogen-bond donors (Lipinski definition) is 1. The van der Waals surface area contributed by atoms with Crippen molar-refractivity contribution in [3.63, 3.8) is 0 Å². The number of urea groups is 1. The molecule has 0 bridgehead atoms. The van der Waals surface area contributed by atoms with E-state index in [9.17, 15) is 14.0 Å². The molecule has 2 fully saturated rings. The zero-order valence-electron chi connectivity index (χ0n) is 21.9. The Bertz CT molecular complexity index is 1120. The lowest BCUT2D eigenvalue weighted by molar-refractivity contribution is -0.128. The Hall–Kier alpha value is -2.79. The summed E-state index contributed by atoms with van der Waals surface area (Å²) in [7, 11) is 0. The van der Waals surface area contributed by atoms with Crippen LogP contribution < -0.4 is 15.1 Å². The van der Waals surface area contributed by atoms with Gasteiger partial charge < -0.3 is 24.9 Å². The summed E-state index contributed by atoms with van der Waals surface area (Å²) in [6.07, 6.45) is 2.00. The van der Waals surface area contributed by atoms with E-state index in [2.05, 4.69) is 27.1 Å². The number of nitrogens with one attached hydrogen (secondary N) is 1. The Balaban J connectivity index is 1.28. The van der Waals surface area contributed by atoms with Gasteiger partial charge in [-0.3, -0.25) is 4.79 Å². The number of para-hydroxylation sites is 1. The summed E-state index contributed by atoms with van der Waals surface area (Å²) >= 11 is 7.57. The smallest absolute Gasteiger partial charge is 0.317 e. The Labute approximate surface area is 232 Å². The number of unbranched alkanes of at least 4 members (excludes halogenated alkanes) is 1. The molecule has 0 aliphatic carbocycles. The number of carbonyl (C=O) groups is 2. The lowest BCUT2D eigenvalue weighted by atomic mass is 10.2. The fourth-order valence-electron chi connectivity index (χ4n) is 4.68. The topological polar surface area (TPSA) is 84.9 Å². The normalized spacial score (nSPS) is 18.1. The second kappa shape index (κ2) is 13.3. The molecule has 0 spiro atoms. The maximum absolute atomic E-state index is 14.1. The number of thioether (sulfide) groups is 1. The highest BCUT2D eigenvalue weighted by Crippen LogP contribution is 2.25. The number of hydrogen-bond acceptors (Lipinski definition) is 7. The van der Waals surface area contributed by atoms with Gasteiger partial charge in [0.1, 0.15) is 16.8 Å². The van der Waals surface area contributed by atoms with Crippen molar-refractivity contribution in [1.82, 2.24) is 25.1 Å². The Morgan fingerprint density at radius 1 is 1.11 bits per heavy atom. The highest BCUT2D eigenvalue weighted by molar-refractivity contribution is 7.99. The number of nitrogens with zero attached hydrogens (tertiary/aromatic N) is 6. The molecule has 1 aromatic heterocycles. The van der Waals surface area contributed by atoms with Gasteiger partial charge in [-0.05, 0) is 25.5 Å². The van der Waals surface area contributed by atoms with Crippen molar-refractivity contribution in [3.05, 3.63) is 41.3 Å². The van der Waals surface area contributed by atoms with E-state index in [0.717, 1.165) is 12.8 Å². The molecular weight excluding hydrogens is 529 g/mol. The van der Waals surface area contributed by atoms with Crippen LogP contribution in [0.3, 0.4) is 0 Å². The summed E-state index contributed by atoms with van der Waals surface area (Å²) < 4.78 is 14.1. The molecular formula is C26H35ClFN7O2S. The number of amides is 3. The molecule has 4 rings (SSSR count). The molecule has 12 heteroatoms. The summed E-state index contributed by atoms with van der Waals surface area (Å²) in [4.78, 5) is 42.0. The number of halogens is 2. The lowest BCUT2D eigenvalue weighted by Crippen LogP contribution is -2.56. The minimum atomic E-state index is -0.247. The largest absolute Gasteiger partial charge is 0.366 e. The number of aromatic nitrogens is 2. The first-order valence-corrected chi connectivity index (χ1v) is 14.5. The fraction of sp³-hybridized carbons (Fsp3) is 0.538. The molecule has 206 valence electrons. The van der Waals surface area contributed by atoms with E-state index < -0.39 is 0 Å². The van der Waals surface area contributed by atoms with Gasteiger partial charge in [-0.25, -0.2) is 19.2 Å². The highest BCUT2D eigenvalue weighted by Gasteiger charge is 2.29.